The van der Waals surface area contributed by atoms with Gasteiger partial charge in [0.15, 0.2) is 0 Å². The molecule has 134 valence electrons. The first kappa shape index (κ1) is 20.4. The zero-order valence-electron chi connectivity index (χ0n) is 15.6. The fourth-order valence-corrected chi connectivity index (χ4v) is 4.02. The van der Waals surface area contributed by atoms with E-state index >= 15 is 0 Å². The van der Waals surface area contributed by atoms with Crippen LogP contribution in [0.15, 0.2) is 4.99 Å². The molecule has 0 heterocycles. The molecule has 0 aromatic heterocycles. The standard InChI is InChI=1S/C21H39NO/c1-2-3-4-5-6-7-8-9-10-11-12-14-17-21(22-20-23)18-15-13-16-19-21/h2-19H2,1H3. The van der Waals surface area contributed by atoms with Gasteiger partial charge in [-0.1, -0.05) is 103 Å². The summed E-state index contributed by atoms with van der Waals surface area (Å²) in [6.07, 6.45) is 25.6. The fraction of sp³-hybridized carbons (Fsp3) is 0.952. The molecule has 0 bridgehead atoms. The van der Waals surface area contributed by atoms with Gasteiger partial charge in [-0.15, -0.1) is 0 Å². The van der Waals surface area contributed by atoms with E-state index in [1.165, 1.54) is 96.3 Å². The lowest BCUT2D eigenvalue weighted by atomic mass is 9.78. The number of nitrogens with zero attached hydrogens (tertiary/aromatic N) is 1. The summed E-state index contributed by atoms with van der Waals surface area (Å²) in [5.41, 5.74) is -0.0293. The minimum absolute atomic E-state index is 0.0293. The van der Waals surface area contributed by atoms with Crippen molar-refractivity contribution in [1.29, 1.82) is 0 Å². The van der Waals surface area contributed by atoms with Crippen molar-refractivity contribution in [2.45, 2.75) is 128 Å². The van der Waals surface area contributed by atoms with Gasteiger partial charge in [0.2, 0.25) is 6.08 Å². The van der Waals surface area contributed by atoms with Crippen molar-refractivity contribution >= 4 is 6.08 Å². The third-order valence-corrected chi connectivity index (χ3v) is 5.56. The average molecular weight is 322 g/mol. The van der Waals surface area contributed by atoms with E-state index in [9.17, 15) is 4.79 Å². The number of hydrogen-bond acceptors (Lipinski definition) is 2. The second kappa shape index (κ2) is 13.8. The fourth-order valence-electron chi connectivity index (χ4n) is 4.02. The molecule has 0 amide bonds. The Balaban J connectivity index is 1.93. The van der Waals surface area contributed by atoms with Crippen LogP contribution in [0.2, 0.25) is 0 Å². The molecule has 0 aliphatic heterocycles. The molecule has 1 aliphatic carbocycles. The van der Waals surface area contributed by atoms with Crippen LogP contribution in [0.3, 0.4) is 0 Å². The van der Waals surface area contributed by atoms with Gasteiger partial charge in [0, 0.05) is 0 Å². The summed E-state index contributed by atoms with van der Waals surface area (Å²) in [6, 6.07) is 0. The number of carbonyl (C=O) groups excluding carboxylic acids is 1. The van der Waals surface area contributed by atoms with Crippen molar-refractivity contribution in [3.05, 3.63) is 0 Å². The third kappa shape index (κ3) is 9.97. The maximum atomic E-state index is 10.7. The van der Waals surface area contributed by atoms with E-state index in [2.05, 4.69) is 11.9 Å². The van der Waals surface area contributed by atoms with Crippen LogP contribution in [0, 0.1) is 0 Å². The first-order valence-corrected chi connectivity index (χ1v) is 10.4. The Morgan fingerprint density at radius 3 is 1.70 bits per heavy atom. The molecule has 23 heavy (non-hydrogen) atoms. The monoisotopic (exact) mass is 321 g/mol. The van der Waals surface area contributed by atoms with E-state index in [-0.39, 0.29) is 5.54 Å². The topological polar surface area (TPSA) is 29.4 Å². The molecule has 0 atom stereocenters. The van der Waals surface area contributed by atoms with Crippen LogP contribution in [-0.2, 0) is 4.79 Å². The van der Waals surface area contributed by atoms with Gasteiger partial charge in [-0.3, -0.25) is 0 Å². The molecule has 0 aromatic carbocycles. The Labute approximate surface area is 144 Å². The molecule has 0 aromatic rings. The summed E-state index contributed by atoms with van der Waals surface area (Å²) in [6.45, 7) is 2.28. The molecule has 0 spiro atoms. The van der Waals surface area contributed by atoms with Crippen LogP contribution >= 0.6 is 0 Å². The first-order chi connectivity index (χ1) is 11.3. The summed E-state index contributed by atoms with van der Waals surface area (Å²) < 4.78 is 0. The van der Waals surface area contributed by atoms with Crippen molar-refractivity contribution in [2.24, 2.45) is 4.99 Å². The summed E-state index contributed by atoms with van der Waals surface area (Å²) in [5.74, 6) is 0. The number of isocyanates is 1. The molecule has 1 fully saturated rings. The van der Waals surface area contributed by atoms with Crippen LogP contribution in [0.25, 0.3) is 0 Å². The van der Waals surface area contributed by atoms with E-state index in [4.69, 9.17) is 0 Å². The Bertz CT molecular complexity index is 314. The number of aliphatic imine (C=N–C) groups is 1. The molecular formula is C21H39NO. The van der Waals surface area contributed by atoms with E-state index in [0.29, 0.717) is 0 Å². The highest BCUT2D eigenvalue weighted by Crippen LogP contribution is 2.35. The Morgan fingerprint density at radius 2 is 1.22 bits per heavy atom. The van der Waals surface area contributed by atoms with E-state index < -0.39 is 0 Å². The highest BCUT2D eigenvalue weighted by molar-refractivity contribution is 5.35. The SMILES string of the molecule is CCCCCCCCCCCCCCC1(N=C=O)CCCCC1. The quantitative estimate of drug-likeness (QED) is 0.190. The van der Waals surface area contributed by atoms with Gasteiger partial charge in [-0.25, -0.2) is 4.79 Å². The maximum Gasteiger partial charge on any atom is 0.235 e. The number of unbranched alkanes of at least 4 members (excludes halogenated alkanes) is 11. The van der Waals surface area contributed by atoms with Crippen molar-refractivity contribution in [3.63, 3.8) is 0 Å². The van der Waals surface area contributed by atoms with Crippen LogP contribution in [0.5, 0.6) is 0 Å². The van der Waals surface area contributed by atoms with Gasteiger partial charge >= 0.3 is 0 Å². The molecule has 2 heteroatoms. The van der Waals surface area contributed by atoms with Gasteiger partial charge in [-0.05, 0) is 19.3 Å². The molecule has 0 N–H and O–H groups in total. The predicted octanol–water partition coefficient (Wildman–Crippen LogP) is 7.12. The van der Waals surface area contributed by atoms with E-state index in [1.54, 1.807) is 0 Å². The normalized spacial score (nSPS) is 16.9. The second-order valence-electron chi connectivity index (χ2n) is 7.63. The lowest BCUT2D eigenvalue weighted by Crippen LogP contribution is -2.29. The smallest absolute Gasteiger partial charge is 0.211 e. The number of hydrogen-bond donors (Lipinski definition) is 0. The van der Waals surface area contributed by atoms with Crippen LogP contribution in [0.4, 0.5) is 0 Å². The van der Waals surface area contributed by atoms with Crippen molar-refractivity contribution in [1.82, 2.24) is 0 Å². The van der Waals surface area contributed by atoms with E-state index in [1.807, 2.05) is 6.08 Å². The Kier molecular flexibility index (Phi) is 12.2. The van der Waals surface area contributed by atoms with Gasteiger partial charge in [0.25, 0.3) is 0 Å². The molecule has 1 rings (SSSR count). The molecule has 2 nitrogen and oxygen atoms in total. The summed E-state index contributed by atoms with van der Waals surface area (Å²) >= 11 is 0. The highest BCUT2D eigenvalue weighted by atomic mass is 16.1. The minimum Gasteiger partial charge on any atom is -0.211 e. The van der Waals surface area contributed by atoms with Gasteiger partial charge in [-0.2, -0.15) is 4.99 Å². The van der Waals surface area contributed by atoms with Crippen LogP contribution in [0.1, 0.15) is 122 Å². The predicted molar refractivity (Wildman–Crippen MR) is 99.6 cm³/mol. The van der Waals surface area contributed by atoms with E-state index in [0.717, 1.165) is 19.3 Å². The minimum atomic E-state index is -0.0293. The highest BCUT2D eigenvalue weighted by Gasteiger charge is 2.30. The molecule has 1 saturated carbocycles. The van der Waals surface area contributed by atoms with Crippen molar-refractivity contribution in [2.75, 3.05) is 0 Å². The first-order valence-electron chi connectivity index (χ1n) is 10.4. The van der Waals surface area contributed by atoms with Crippen molar-refractivity contribution < 1.29 is 4.79 Å². The average Bonchev–Trinajstić information content (AvgIpc) is 2.57. The Morgan fingerprint density at radius 1 is 0.739 bits per heavy atom. The third-order valence-electron chi connectivity index (χ3n) is 5.56. The largest absolute Gasteiger partial charge is 0.235 e. The van der Waals surface area contributed by atoms with Gasteiger partial charge in [0.1, 0.15) is 0 Å². The van der Waals surface area contributed by atoms with Gasteiger partial charge in [0.05, 0.1) is 5.54 Å². The van der Waals surface area contributed by atoms with Crippen LogP contribution in [-0.4, -0.2) is 11.6 Å². The molecular weight excluding hydrogens is 282 g/mol. The van der Waals surface area contributed by atoms with Crippen LogP contribution < -0.4 is 0 Å². The summed E-state index contributed by atoms with van der Waals surface area (Å²) in [5, 5.41) is 0. The molecule has 0 saturated heterocycles. The molecule has 1 aliphatic rings. The molecule has 0 radical (unpaired) electrons. The second-order valence-corrected chi connectivity index (χ2v) is 7.63. The maximum absolute atomic E-state index is 10.7. The lowest BCUT2D eigenvalue weighted by molar-refractivity contribution is 0.271. The zero-order valence-corrected chi connectivity index (χ0v) is 15.6. The van der Waals surface area contributed by atoms with Crippen molar-refractivity contribution in [3.8, 4) is 0 Å². The molecule has 0 unspecified atom stereocenters. The summed E-state index contributed by atoms with van der Waals surface area (Å²) in [7, 11) is 0. The zero-order chi connectivity index (χ0) is 16.6. The Hall–Kier alpha value is -0.620. The summed E-state index contributed by atoms with van der Waals surface area (Å²) in [4.78, 5) is 14.9. The van der Waals surface area contributed by atoms with Gasteiger partial charge < -0.3 is 0 Å². The lowest BCUT2D eigenvalue weighted by Gasteiger charge is -2.32. The number of rotatable bonds is 14.